The summed E-state index contributed by atoms with van der Waals surface area (Å²) < 4.78 is 0. The van der Waals surface area contributed by atoms with Crippen LogP contribution in [0, 0.1) is 0 Å². The van der Waals surface area contributed by atoms with Crippen LogP contribution in [0.3, 0.4) is 0 Å². The van der Waals surface area contributed by atoms with E-state index in [0.717, 1.165) is 43.6 Å². The third kappa shape index (κ3) is 3.06. The Hall–Kier alpha value is -1.91. The van der Waals surface area contributed by atoms with Crippen molar-refractivity contribution >= 4 is 0 Å². The Bertz CT molecular complexity index is 671. The lowest BCUT2D eigenvalue weighted by Crippen LogP contribution is -2.17. The van der Waals surface area contributed by atoms with Crippen LogP contribution in [0.15, 0.2) is 10.9 Å². The molecule has 2 aromatic rings. The van der Waals surface area contributed by atoms with Gasteiger partial charge in [-0.25, -0.2) is 4.98 Å². The standard InChI is InChI=1S/C16H22N4O/c1-2-3-4-9-14-18-15(20-19-14)12-10-11-7-5-6-8-13(11)17-16(12)21/h10H,2-9H2,1H3,(H,17,21)(H,18,19,20). The van der Waals surface area contributed by atoms with Gasteiger partial charge in [-0.2, -0.15) is 5.10 Å². The van der Waals surface area contributed by atoms with Gasteiger partial charge < -0.3 is 4.98 Å². The topological polar surface area (TPSA) is 74.4 Å². The van der Waals surface area contributed by atoms with Gasteiger partial charge in [-0.15, -0.1) is 0 Å². The highest BCUT2D eigenvalue weighted by molar-refractivity contribution is 5.55. The molecule has 0 saturated heterocycles. The van der Waals surface area contributed by atoms with Crippen molar-refractivity contribution in [2.24, 2.45) is 0 Å². The van der Waals surface area contributed by atoms with Crippen molar-refractivity contribution in [3.05, 3.63) is 33.5 Å². The molecule has 0 unspecified atom stereocenters. The lowest BCUT2D eigenvalue weighted by molar-refractivity contribution is 0.665. The molecule has 0 amide bonds. The Morgan fingerprint density at radius 3 is 2.95 bits per heavy atom. The third-order valence-corrected chi connectivity index (χ3v) is 4.13. The molecule has 3 rings (SSSR count). The van der Waals surface area contributed by atoms with E-state index in [1.165, 1.54) is 24.8 Å². The van der Waals surface area contributed by atoms with Crippen molar-refractivity contribution in [3.63, 3.8) is 0 Å². The lowest BCUT2D eigenvalue weighted by atomic mass is 9.95. The van der Waals surface area contributed by atoms with Gasteiger partial charge in [-0.1, -0.05) is 19.8 Å². The highest BCUT2D eigenvalue weighted by Gasteiger charge is 2.16. The van der Waals surface area contributed by atoms with E-state index in [1.54, 1.807) is 0 Å². The fraction of sp³-hybridized carbons (Fsp3) is 0.562. The molecule has 0 aliphatic heterocycles. The Morgan fingerprint density at radius 1 is 1.24 bits per heavy atom. The second-order valence-corrected chi connectivity index (χ2v) is 5.79. The summed E-state index contributed by atoms with van der Waals surface area (Å²) in [5, 5.41) is 7.18. The normalized spacial score (nSPS) is 14.1. The molecule has 21 heavy (non-hydrogen) atoms. The average molecular weight is 286 g/mol. The predicted molar refractivity (Wildman–Crippen MR) is 82.3 cm³/mol. The van der Waals surface area contributed by atoms with Crippen LogP contribution in [0.2, 0.25) is 0 Å². The van der Waals surface area contributed by atoms with Gasteiger partial charge >= 0.3 is 0 Å². The highest BCUT2D eigenvalue weighted by atomic mass is 16.1. The number of unbranched alkanes of at least 4 members (excludes halogenated alkanes) is 2. The maximum atomic E-state index is 12.2. The van der Waals surface area contributed by atoms with E-state index in [2.05, 4.69) is 27.1 Å². The van der Waals surface area contributed by atoms with Crippen LogP contribution in [0.25, 0.3) is 11.4 Å². The fourth-order valence-corrected chi connectivity index (χ4v) is 2.91. The van der Waals surface area contributed by atoms with Crippen molar-refractivity contribution in [2.75, 3.05) is 0 Å². The highest BCUT2D eigenvalue weighted by Crippen LogP contribution is 2.21. The number of rotatable bonds is 5. The number of aromatic amines is 2. The lowest BCUT2D eigenvalue weighted by Gasteiger charge is -2.15. The monoisotopic (exact) mass is 286 g/mol. The van der Waals surface area contributed by atoms with Crippen LogP contribution in [0.5, 0.6) is 0 Å². The molecule has 0 saturated carbocycles. The number of fused-ring (bicyclic) bond motifs is 1. The molecular weight excluding hydrogens is 264 g/mol. The molecule has 0 radical (unpaired) electrons. The minimum Gasteiger partial charge on any atom is -0.325 e. The number of aromatic nitrogens is 4. The molecule has 112 valence electrons. The molecule has 2 N–H and O–H groups in total. The molecule has 1 aliphatic rings. The van der Waals surface area contributed by atoms with Crippen molar-refractivity contribution < 1.29 is 0 Å². The summed E-state index contributed by atoms with van der Waals surface area (Å²) in [6.07, 6.45) is 8.73. The van der Waals surface area contributed by atoms with Crippen molar-refractivity contribution in [1.82, 2.24) is 20.2 Å². The van der Waals surface area contributed by atoms with E-state index < -0.39 is 0 Å². The van der Waals surface area contributed by atoms with E-state index >= 15 is 0 Å². The SMILES string of the molecule is CCCCCc1nc(-c2cc3c([nH]c2=O)CCCC3)n[nH]1. The fourth-order valence-electron chi connectivity index (χ4n) is 2.91. The van der Waals surface area contributed by atoms with Crippen LogP contribution in [-0.4, -0.2) is 20.2 Å². The van der Waals surface area contributed by atoms with Gasteiger partial charge in [0, 0.05) is 12.1 Å². The average Bonchev–Trinajstić information content (AvgIpc) is 2.95. The molecule has 1 aliphatic carbocycles. The maximum Gasteiger partial charge on any atom is 0.259 e. The number of hydrogen-bond donors (Lipinski definition) is 2. The first-order valence-corrected chi connectivity index (χ1v) is 7.94. The summed E-state index contributed by atoms with van der Waals surface area (Å²) >= 11 is 0. The van der Waals surface area contributed by atoms with Gasteiger partial charge in [0.05, 0.1) is 5.56 Å². The summed E-state index contributed by atoms with van der Waals surface area (Å²) in [6.45, 7) is 2.18. The molecule has 0 spiro atoms. The zero-order valence-corrected chi connectivity index (χ0v) is 12.5. The second kappa shape index (κ2) is 6.24. The quantitative estimate of drug-likeness (QED) is 0.830. The van der Waals surface area contributed by atoms with E-state index in [9.17, 15) is 4.79 Å². The number of hydrogen-bond acceptors (Lipinski definition) is 3. The van der Waals surface area contributed by atoms with E-state index in [1.807, 2.05) is 6.07 Å². The number of nitrogens with zero attached hydrogens (tertiary/aromatic N) is 2. The molecule has 0 fully saturated rings. The number of H-pyrrole nitrogens is 2. The van der Waals surface area contributed by atoms with E-state index in [4.69, 9.17) is 0 Å². The van der Waals surface area contributed by atoms with Crippen LogP contribution in [0.1, 0.15) is 56.1 Å². The number of pyridine rings is 1. The Kier molecular flexibility index (Phi) is 4.18. The van der Waals surface area contributed by atoms with Crippen LogP contribution in [-0.2, 0) is 19.3 Å². The third-order valence-electron chi connectivity index (χ3n) is 4.13. The molecule has 0 bridgehead atoms. The van der Waals surface area contributed by atoms with Crippen LogP contribution in [0.4, 0.5) is 0 Å². The van der Waals surface area contributed by atoms with E-state index in [-0.39, 0.29) is 5.56 Å². The number of aryl methyl sites for hydroxylation is 3. The molecule has 2 aromatic heterocycles. The van der Waals surface area contributed by atoms with Crippen LogP contribution >= 0.6 is 0 Å². The first kappa shape index (κ1) is 14.0. The van der Waals surface area contributed by atoms with Crippen molar-refractivity contribution in [2.45, 2.75) is 58.3 Å². The molecule has 5 heteroatoms. The minimum atomic E-state index is -0.0743. The zero-order chi connectivity index (χ0) is 14.7. The first-order chi connectivity index (χ1) is 10.3. The summed E-state index contributed by atoms with van der Waals surface area (Å²) in [5.74, 6) is 1.40. The van der Waals surface area contributed by atoms with Gasteiger partial charge in [0.1, 0.15) is 5.82 Å². The Morgan fingerprint density at radius 2 is 2.10 bits per heavy atom. The van der Waals surface area contributed by atoms with E-state index in [0.29, 0.717) is 11.4 Å². The summed E-state index contributed by atoms with van der Waals surface area (Å²) in [7, 11) is 0. The van der Waals surface area contributed by atoms with Gasteiger partial charge in [0.15, 0.2) is 5.82 Å². The zero-order valence-electron chi connectivity index (χ0n) is 12.5. The smallest absolute Gasteiger partial charge is 0.259 e. The van der Waals surface area contributed by atoms with Gasteiger partial charge in [-0.05, 0) is 43.7 Å². The summed E-state index contributed by atoms with van der Waals surface area (Å²) in [4.78, 5) is 19.7. The summed E-state index contributed by atoms with van der Waals surface area (Å²) in [5.41, 5.74) is 2.85. The molecule has 0 aromatic carbocycles. The Labute approximate surface area is 124 Å². The van der Waals surface area contributed by atoms with Gasteiger partial charge in [0.25, 0.3) is 5.56 Å². The number of nitrogens with one attached hydrogen (secondary N) is 2. The first-order valence-electron chi connectivity index (χ1n) is 7.94. The second-order valence-electron chi connectivity index (χ2n) is 5.79. The van der Waals surface area contributed by atoms with Crippen LogP contribution < -0.4 is 5.56 Å². The minimum absolute atomic E-state index is 0.0743. The Balaban J connectivity index is 1.85. The molecular formula is C16H22N4O. The van der Waals surface area contributed by atoms with Crippen molar-refractivity contribution in [3.8, 4) is 11.4 Å². The summed E-state index contributed by atoms with van der Waals surface area (Å²) in [6, 6.07) is 1.98. The van der Waals surface area contributed by atoms with Crippen molar-refractivity contribution in [1.29, 1.82) is 0 Å². The van der Waals surface area contributed by atoms with Gasteiger partial charge in [0.2, 0.25) is 0 Å². The maximum absolute atomic E-state index is 12.2. The van der Waals surface area contributed by atoms with Gasteiger partial charge in [-0.3, -0.25) is 9.89 Å². The molecule has 0 atom stereocenters. The molecule has 2 heterocycles. The largest absolute Gasteiger partial charge is 0.325 e. The predicted octanol–water partition coefficient (Wildman–Crippen LogP) is 2.77. The molecule has 5 nitrogen and oxygen atoms in total.